The lowest BCUT2D eigenvalue weighted by Gasteiger charge is -2.51. The summed E-state index contributed by atoms with van der Waals surface area (Å²) in [4.78, 5) is 15.2. The molecule has 3 fully saturated rings. The van der Waals surface area contributed by atoms with E-state index in [1.54, 1.807) is 7.11 Å². The molecule has 5 nitrogen and oxygen atoms in total. The van der Waals surface area contributed by atoms with E-state index in [4.69, 9.17) is 14.2 Å². The average Bonchev–Trinajstić information content (AvgIpc) is 3.14. The van der Waals surface area contributed by atoms with Gasteiger partial charge in [0.1, 0.15) is 5.75 Å². The first-order valence-electron chi connectivity index (χ1n) is 9.17. The summed E-state index contributed by atoms with van der Waals surface area (Å²) >= 11 is 0. The van der Waals surface area contributed by atoms with E-state index in [2.05, 4.69) is 26.8 Å². The second-order valence-electron chi connectivity index (χ2n) is 8.44. The third-order valence-electron chi connectivity index (χ3n) is 7.39. The van der Waals surface area contributed by atoms with Crippen LogP contribution in [0.2, 0.25) is 0 Å². The van der Waals surface area contributed by atoms with E-state index < -0.39 is 5.79 Å². The van der Waals surface area contributed by atoms with E-state index in [-0.39, 0.29) is 28.7 Å². The maximum Gasteiger partial charge on any atom is 0.227 e. The zero-order valence-corrected chi connectivity index (χ0v) is 15.3. The Morgan fingerprint density at radius 2 is 1.96 bits per heavy atom. The van der Waals surface area contributed by atoms with Crippen molar-refractivity contribution < 1.29 is 19.0 Å². The lowest BCUT2D eigenvalue weighted by atomic mass is 9.64. The summed E-state index contributed by atoms with van der Waals surface area (Å²) in [6, 6.07) is 6.13. The van der Waals surface area contributed by atoms with Crippen molar-refractivity contribution in [1.82, 2.24) is 0 Å². The predicted molar refractivity (Wildman–Crippen MR) is 92.8 cm³/mol. The van der Waals surface area contributed by atoms with Gasteiger partial charge in [-0.15, -0.1) is 0 Å². The quantitative estimate of drug-likeness (QED) is 0.787. The highest BCUT2D eigenvalue weighted by Crippen LogP contribution is 2.70. The van der Waals surface area contributed by atoms with Gasteiger partial charge in [0.25, 0.3) is 0 Å². The van der Waals surface area contributed by atoms with Crippen molar-refractivity contribution in [3.63, 3.8) is 0 Å². The Balaban J connectivity index is 1.78. The fourth-order valence-electron chi connectivity index (χ4n) is 6.46. The zero-order valence-electron chi connectivity index (χ0n) is 15.3. The number of anilines is 1. The Morgan fingerprint density at radius 3 is 2.64 bits per heavy atom. The number of fused-ring (bicyclic) bond motifs is 4. The molecule has 0 N–H and O–H groups in total. The molecule has 1 amide bonds. The summed E-state index contributed by atoms with van der Waals surface area (Å²) in [5.41, 5.74) is 1.66. The fraction of sp³-hybridized carbons (Fsp3) is 0.650. The molecule has 0 bridgehead atoms. The highest BCUT2D eigenvalue weighted by molar-refractivity contribution is 6.00. The number of nitrogens with zero attached hydrogens (tertiary/aromatic N) is 1. The van der Waals surface area contributed by atoms with Crippen LogP contribution >= 0.6 is 0 Å². The second-order valence-corrected chi connectivity index (χ2v) is 8.44. The van der Waals surface area contributed by atoms with E-state index in [1.165, 1.54) is 5.56 Å². The molecule has 2 saturated heterocycles. The Labute approximate surface area is 148 Å². The molecule has 0 radical (unpaired) electrons. The second kappa shape index (κ2) is 4.57. The van der Waals surface area contributed by atoms with Gasteiger partial charge in [0.15, 0.2) is 5.79 Å². The molecule has 5 heteroatoms. The summed E-state index contributed by atoms with van der Waals surface area (Å²) in [7, 11) is 1.67. The minimum absolute atomic E-state index is 0.156. The van der Waals surface area contributed by atoms with Crippen LogP contribution in [0.1, 0.15) is 39.2 Å². The minimum atomic E-state index is -0.570. The van der Waals surface area contributed by atoms with Crippen molar-refractivity contribution in [3.8, 4) is 5.75 Å². The molecule has 1 aromatic carbocycles. The molecule has 1 aromatic rings. The monoisotopic (exact) mass is 343 g/mol. The van der Waals surface area contributed by atoms with Gasteiger partial charge in [-0.3, -0.25) is 4.79 Å². The van der Waals surface area contributed by atoms with Crippen molar-refractivity contribution in [2.75, 3.05) is 25.2 Å². The lowest BCUT2D eigenvalue weighted by Crippen LogP contribution is -2.64. The van der Waals surface area contributed by atoms with Gasteiger partial charge >= 0.3 is 0 Å². The molecule has 134 valence electrons. The first-order chi connectivity index (χ1) is 11.9. The van der Waals surface area contributed by atoms with Crippen LogP contribution in [0.25, 0.3) is 0 Å². The average molecular weight is 343 g/mol. The molecule has 0 aromatic heterocycles. The Kier molecular flexibility index (Phi) is 2.86. The molecule has 3 heterocycles. The van der Waals surface area contributed by atoms with Gasteiger partial charge in [-0.1, -0.05) is 19.9 Å². The first kappa shape index (κ1) is 15.6. The molecule has 4 atom stereocenters. The summed E-state index contributed by atoms with van der Waals surface area (Å²) in [5.74, 6) is 0.796. The molecular formula is C20H25NO4. The molecule has 0 unspecified atom stereocenters. The molecular weight excluding hydrogens is 318 g/mol. The number of carbonyl (C=O) groups excluding carboxylic acids is 1. The third-order valence-corrected chi connectivity index (χ3v) is 7.39. The standard InChI is InChI=1S/C20H25NO4/c1-12-9-16(22)21-15-10-13(23-4)5-6-14(15)18(2)11-20(24-7-8-25-20)17(12)19(18,21)3/h5-6,10,12,17H,7-9,11H2,1-4H3/t12-,17-,18+,19-/m0/s1. The number of piperidine rings is 1. The molecule has 1 aliphatic carbocycles. The van der Waals surface area contributed by atoms with E-state index in [0.717, 1.165) is 17.9 Å². The Bertz CT molecular complexity index is 771. The van der Waals surface area contributed by atoms with Crippen molar-refractivity contribution in [3.05, 3.63) is 23.8 Å². The van der Waals surface area contributed by atoms with E-state index >= 15 is 0 Å². The highest BCUT2D eigenvalue weighted by atomic mass is 16.7. The van der Waals surface area contributed by atoms with Crippen LogP contribution in [-0.4, -0.2) is 37.6 Å². The van der Waals surface area contributed by atoms with Gasteiger partial charge in [-0.25, -0.2) is 0 Å². The zero-order chi connectivity index (χ0) is 17.6. The predicted octanol–water partition coefficient (Wildman–Crippen LogP) is 2.86. The van der Waals surface area contributed by atoms with Crippen molar-refractivity contribution in [2.24, 2.45) is 11.8 Å². The van der Waals surface area contributed by atoms with Crippen LogP contribution in [0.5, 0.6) is 5.75 Å². The number of ether oxygens (including phenoxy) is 3. The molecule has 4 aliphatic rings. The fourth-order valence-corrected chi connectivity index (χ4v) is 6.46. The van der Waals surface area contributed by atoms with Crippen molar-refractivity contribution in [1.29, 1.82) is 0 Å². The maximum atomic E-state index is 13.1. The van der Waals surface area contributed by atoms with E-state index in [9.17, 15) is 4.79 Å². The van der Waals surface area contributed by atoms with Gasteiger partial charge < -0.3 is 19.1 Å². The number of hydrogen-bond donors (Lipinski definition) is 0. The number of rotatable bonds is 1. The Morgan fingerprint density at radius 1 is 1.24 bits per heavy atom. The molecule has 1 spiro atoms. The van der Waals surface area contributed by atoms with E-state index in [1.807, 2.05) is 17.0 Å². The first-order valence-corrected chi connectivity index (χ1v) is 9.17. The van der Waals surface area contributed by atoms with E-state index in [0.29, 0.717) is 19.6 Å². The molecule has 5 rings (SSSR count). The summed E-state index contributed by atoms with van der Waals surface area (Å²) in [6.45, 7) is 7.96. The lowest BCUT2D eigenvalue weighted by molar-refractivity contribution is -0.202. The number of amides is 1. The molecule has 1 saturated carbocycles. The van der Waals surface area contributed by atoms with Crippen LogP contribution in [0.4, 0.5) is 5.69 Å². The van der Waals surface area contributed by atoms with Gasteiger partial charge in [0.2, 0.25) is 5.91 Å². The smallest absolute Gasteiger partial charge is 0.227 e. The Hall–Kier alpha value is -1.59. The van der Waals surface area contributed by atoms with Gasteiger partial charge in [0.05, 0.1) is 31.5 Å². The largest absolute Gasteiger partial charge is 0.497 e. The summed E-state index contributed by atoms with van der Waals surface area (Å²) in [5, 5.41) is 0. The number of hydrogen-bond acceptors (Lipinski definition) is 4. The molecule has 3 aliphatic heterocycles. The summed E-state index contributed by atoms with van der Waals surface area (Å²) < 4.78 is 17.9. The summed E-state index contributed by atoms with van der Waals surface area (Å²) in [6.07, 6.45) is 1.32. The number of methoxy groups -OCH3 is 1. The van der Waals surface area contributed by atoms with Crippen LogP contribution in [0, 0.1) is 11.8 Å². The topological polar surface area (TPSA) is 48.0 Å². The third kappa shape index (κ3) is 1.56. The van der Waals surface area contributed by atoms with Crippen LogP contribution in [-0.2, 0) is 19.7 Å². The normalized spacial score (nSPS) is 40.5. The van der Waals surface area contributed by atoms with Gasteiger partial charge in [0, 0.05) is 30.2 Å². The number of carbonyl (C=O) groups is 1. The SMILES string of the molecule is COc1ccc2c(c1)N1C(=O)C[C@H](C)[C@@H]3C4(C[C@@]2(C)[C@]31C)OCCO4. The van der Waals surface area contributed by atoms with Gasteiger partial charge in [-0.05, 0) is 24.5 Å². The van der Waals surface area contributed by atoms with Crippen LogP contribution in [0.3, 0.4) is 0 Å². The van der Waals surface area contributed by atoms with Crippen molar-refractivity contribution >= 4 is 11.6 Å². The van der Waals surface area contributed by atoms with Crippen molar-refractivity contribution in [2.45, 2.75) is 50.4 Å². The highest BCUT2D eigenvalue weighted by Gasteiger charge is 2.77. The van der Waals surface area contributed by atoms with Crippen LogP contribution < -0.4 is 9.64 Å². The number of benzene rings is 1. The van der Waals surface area contributed by atoms with Crippen LogP contribution in [0.15, 0.2) is 18.2 Å². The maximum absolute atomic E-state index is 13.1. The minimum Gasteiger partial charge on any atom is -0.497 e. The molecule has 25 heavy (non-hydrogen) atoms. The van der Waals surface area contributed by atoms with Gasteiger partial charge in [-0.2, -0.15) is 0 Å².